The summed E-state index contributed by atoms with van der Waals surface area (Å²) < 4.78 is 5.20. The minimum Gasteiger partial charge on any atom is -0.458 e. The van der Waals surface area contributed by atoms with Gasteiger partial charge in [0.2, 0.25) is 5.78 Å². The normalized spacial score (nSPS) is 24.0. The van der Waals surface area contributed by atoms with Crippen molar-refractivity contribution in [3.63, 3.8) is 0 Å². The van der Waals surface area contributed by atoms with Crippen molar-refractivity contribution in [2.45, 2.75) is 57.5 Å². The van der Waals surface area contributed by atoms with Gasteiger partial charge in [-0.2, -0.15) is 0 Å². The lowest BCUT2D eigenvalue weighted by Gasteiger charge is -2.36. The van der Waals surface area contributed by atoms with Crippen LogP contribution in [0.4, 0.5) is 0 Å². The summed E-state index contributed by atoms with van der Waals surface area (Å²) >= 11 is 0. The monoisotopic (exact) mass is 466 g/mol. The number of hydrogen-bond donors (Lipinski definition) is 3. The predicted molar refractivity (Wildman–Crippen MR) is 126 cm³/mol. The molecular formula is C25H30N2O5Si. The van der Waals surface area contributed by atoms with Crippen LogP contribution in [0, 0.1) is 0 Å². The molecule has 0 saturated carbocycles. The van der Waals surface area contributed by atoms with Crippen LogP contribution in [0.25, 0.3) is 6.08 Å². The number of carbonyl (C=O) groups is 2. The number of aliphatic hydroxyl groups excluding tert-OH is 1. The van der Waals surface area contributed by atoms with Crippen LogP contribution in [0.2, 0.25) is 19.1 Å². The third-order valence-electron chi connectivity index (χ3n) is 7.45. The minimum absolute atomic E-state index is 0.0956. The molecule has 8 heteroatoms. The second-order valence-electron chi connectivity index (χ2n) is 10.1. The fraction of sp³-hybridized carbons (Fsp3) is 0.440. The van der Waals surface area contributed by atoms with Gasteiger partial charge in [-0.05, 0) is 41.2 Å². The summed E-state index contributed by atoms with van der Waals surface area (Å²) in [4.78, 5) is 27.9. The Labute approximate surface area is 194 Å². The van der Waals surface area contributed by atoms with Crippen molar-refractivity contribution in [2.24, 2.45) is 0 Å². The largest absolute Gasteiger partial charge is 0.458 e. The molecule has 0 radical (unpaired) electrons. The van der Waals surface area contributed by atoms with E-state index in [2.05, 4.69) is 42.7 Å². The zero-order valence-electron chi connectivity index (χ0n) is 19.3. The summed E-state index contributed by atoms with van der Waals surface area (Å²) in [6.07, 6.45) is 3.73. The van der Waals surface area contributed by atoms with Gasteiger partial charge in [0.25, 0.3) is 0 Å². The summed E-state index contributed by atoms with van der Waals surface area (Å²) in [6, 6.07) is 7.29. The van der Waals surface area contributed by atoms with Crippen LogP contribution >= 0.6 is 0 Å². The molecule has 0 saturated heterocycles. The van der Waals surface area contributed by atoms with Crippen molar-refractivity contribution < 1.29 is 24.5 Å². The first-order valence-corrected chi connectivity index (χ1v) is 15.0. The lowest BCUT2D eigenvalue weighted by atomic mass is 9.78. The number of ether oxygens (including phenoxy) is 1. The number of allylic oxidation sites excluding steroid dienone is 2. The van der Waals surface area contributed by atoms with E-state index in [1.54, 1.807) is 6.92 Å². The van der Waals surface area contributed by atoms with E-state index in [1.807, 2.05) is 4.90 Å². The molecule has 0 amide bonds. The van der Waals surface area contributed by atoms with Gasteiger partial charge in [-0.1, -0.05) is 44.3 Å². The number of nitrogens with zero attached hydrogens (tertiary/aromatic N) is 1. The molecule has 4 aliphatic rings. The highest BCUT2D eigenvalue weighted by Crippen LogP contribution is 2.44. The lowest BCUT2D eigenvalue weighted by Crippen LogP contribution is -2.48. The second kappa shape index (κ2) is 7.68. The topological polar surface area (TPSA) is 99.1 Å². The molecule has 0 unspecified atom stereocenters. The van der Waals surface area contributed by atoms with E-state index in [1.165, 1.54) is 11.1 Å². The number of cyclic esters (lactones) is 1. The Bertz CT molecular complexity index is 1170. The van der Waals surface area contributed by atoms with E-state index in [-0.39, 0.29) is 25.0 Å². The number of hydrogen-bond acceptors (Lipinski definition) is 7. The highest BCUT2D eigenvalue weighted by Gasteiger charge is 2.50. The van der Waals surface area contributed by atoms with Gasteiger partial charge >= 0.3 is 5.97 Å². The van der Waals surface area contributed by atoms with Gasteiger partial charge in [-0.15, -0.1) is 0 Å². The van der Waals surface area contributed by atoms with E-state index in [0.717, 1.165) is 29.5 Å². The van der Waals surface area contributed by atoms with Crippen LogP contribution in [0.15, 0.2) is 46.6 Å². The number of fused-ring (bicyclic) bond motifs is 3. The number of aryl methyl sites for hydroxylation is 1. The maximum atomic E-state index is 13.6. The second-order valence-corrected chi connectivity index (χ2v) is 15.3. The number of ketones is 1. The molecule has 3 N–H and O–H groups in total. The van der Waals surface area contributed by atoms with E-state index < -0.39 is 19.6 Å². The van der Waals surface area contributed by atoms with Gasteiger partial charge < -0.3 is 25.2 Å². The number of nitrogens with one attached hydrogen (secondary N) is 1. The average Bonchev–Trinajstić information content (AvgIpc) is 3.16. The number of carbonyl (C=O) groups excluding carboxylic acids is 2. The maximum absolute atomic E-state index is 13.6. The zero-order valence-corrected chi connectivity index (χ0v) is 20.3. The maximum Gasteiger partial charge on any atom is 0.342 e. The molecule has 1 aliphatic carbocycles. The van der Waals surface area contributed by atoms with Crippen molar-refractivity contribution in [3.8, 4) is 0 Å². The zero-order chi connectivity index (χ0) is 23.5. The highest BCUT2D eigenvalue weighted by molar-refractivity contribution is 6.77. The Kier molecular flexibility index (Phi) is 5.15. The Morgan fingerprint density at radius 1 is 1.27 bits per heavy atom. The van der Waals surface area contributed by atoms with Gasteiger partial charge in [0.15, 0.2) is 5.60 Å². The van der Waals surface area contributed by atoms with Crippen LogP contribution in [0.1, 0.15) is 36.5 Å². The van der Waals surface area contributed by atoms with Crippen molar-refractivity contribution in [2.75, 3.05) is 12.8 Å². The van der Waals surface area contributed by atoms with Crippen LogP contribution in [0.3, 0.4) is 0 Å². The van der Waals surface area contributed by atoms with Gasteiger partial charge in [0.05, 0.1) is 14.6 Å². The fourth-order valence-electron chi connectivity index (χ4n) is 5.15. The first kappa shape index (κ1) is 22.1. The predicted octanol–water partition coefficient (Wildman–Crippen LogP) is 2.37. The molecule has 0 bridgehead atoms. The summed E-state index contributed by atoms with van der Waals surface area (Å²) in [5.74, 6) is -0.0200. The molecule has 3 aliphatic heterocycles. The van der Waals surface area contributed by atoms with E-state index in [4.69, 9.17) is 4.74 Å². The first-order chi connectivity index (χ1) is 15.7. The SMILES string of the molecule is CC[C@@]1(O)C(=O)OCC2=C1CC1=C(C2=O)N2Cc3c(cccc3CC[Si](C)(C)CO)C=C2N1. The molecular weight excluding hydrogens is 436 g/mol. The molecule has 1 aromatic carbocycles. The summed E-state index contributed by atoms with van der Waals surface area (Å²) in [5.41, 5.74) is 4.01. The first-order valence-electron chi connectivity index (χ1n) is 11.6. The summed E-state index contributed by atoms with van der Waals surface area (Å²) in [7, 11) is -1.63. The quantitative estimate of drug-likeness (QED) is 0.453. The van der Waals surface area contributed by atoms with Crippen LogP contribution in [-0.2, 0) is 27.3 Å². The number of benzene rings is 1. The molecule has 0 fully saturated rings. The number of rotatable bonds is 5. The molecule has 3 heterocycles. The van der Waals surface area contributed by atoms with E-state index in [0.29, 0.717) is 29.8 Å². The molecule has 0 spiro atoms. The van der Waals surface area contributed by atoms with Gasteiger partial charge in [-0.3, -0.25) is 4.79 Å². The Morgan fingerprint density at radius 2 is 2.06 bits per heavy atom. The molecule has 1 atom stereocenters. The Morgan fingerprint density at radius 3 is 2.79 bits per heavy atom. The van der Waals surface area contributed by atoms with E-state index in [9.17, 15) is 19.8 Å². The van der Waals surface area contributed by atoms with Crippen molar-refractivity contribution in [1.82, 2.24) is 10.2 Å². The van der Waals surface area contributed by atoms with Crippen molar-refractivity contribution in [3.05, 3.63) is 63.3 Å². The molecule has 174 valence electrons. The van der Waals surface area contributed by atoms with Crippen molar-refractivity contribution >= 4 is 25.9 Å². The molecule has 7 nitrogen and oxygen atoms in total. The lowest BCUT2D eigenvalue weighted by molar-refractivity contribution is -0.163. The standard InChI is InChI=1S/C25H30N2O5Si/c1-4-25(31)19-11-20-22(23(29)18(19)13-32-24(25)30)27-12-17-15(8-9-33(2,3)14-28)6-5-7-16(17)10-21(27)26-20/h5-7,10,26,28,31H,4,8-9,11-14H2,1-3H3/t25-/m0/s1. The third kappa shape index (κ3) is 3.39. The van der Waals surface area contributed by atoms with Crippen LogP contribution in [0.5, 0.6) is 0 Å². The molecule has 1 aromatic rings. The van der Waals surface area contributed by atoms with Gasteiger partial charge in [0.1, 0.15) is 18.1 Å². The molecule has 33 heavy (non-hydrogen) atoms. The minimum atomic E-state index is -1.75. The molecule has 5 rings (SSSR count). The van der Waals surface area contributed by atoms with Crippen LogP contribution in [-0.4, -0.2) is 53.4 Å². The Hall–Kier alpha value is -2.68. The Balaban J connectivity index is 1.47. The fourth-order valence-corrected chi connectivity index (χ4v) is 6.26. The average molecular weight is 467 g/mol. The molecule has 0 aromatic heterocycles. The summed E-state index contributed by atoms with van der Waals surface area (Å²) in [6.45, 7) is 6.60. The number of esters is 1. The van der Waals surface area contributed by atoms with Crippen molar-refractivity contribution in [1.29, 1.82) is 0 Å². The third-order valence-corrected chi connectivity index (χ3v) is 9.91. The number of aliphatic hydroxyl groups is 2. The number of Topliss-reactive ketones (excluding diaryl/α,β-unsaturated/α-hetero) is 1. The smallest absolute Gasteiger partial charge is 0.342 e. The van der Waals surface area contributed by atoms with Gasteiger partial charge in [-0.25, -0.2) is 4.79 Å². The van der Waals surface area contributed by atoms with E-state index >= 15 is 0 Å². The highest BCUT2D eigenvalue weighted by atomic mass is 28.3. The van der Waals surface area contributed by atoms with Crippen LogP contribution < -0.4 is 5.32 Å². The summed E-state index contributed by atoms with van der Waals surface area (Å²) in [5, 5.41) is 24.1. The van der Waals surface area contributed by atoms with Gasteiger partial charge in [0, 0.05) is 23.9 Å².